The van der Waals surface area contributed by atoms with Gasteiger partial charge < -0.3 is 5.73 Å². The topological polar surface area (TPSA) is 67.5 Å². The molecule has 1 aromatic rings. The summed E-state index contributed by atoms with van der Waals surface area (Å²) >= 11 is 0. The molecule has 0 atom stereocenters. The van der Waals surface area contributed by atoms with Crippen LogP contribution in [0.5, 0.6) is 0 Å². The largest absolute Gasteiger partial charge is 0.399 e. The summed E-state index contributed by atoms with van der Waals surface area (Å²) in [6, 6.07) is 7.33. The number of hydrogen-bond acceptors (Lipinski definition) is 3. The summed E-state index contributed by atoms with van der Waals surface area (Å²) in [5, 5.41) is 3.89. The second kappa shape index (κ2) is 4.11. The maximum Gasteiger partial charge on any atom is 0.246 e. The normalized spacial score (nSPS) is 14.3. The van der Waals surface area contributed by atoms with Gasteiger partial charge in [0.1, 0.15) is 0 Å². The van der Waals surface area contributed by atoms with Crippen molar-refractivity contribution in [3.63, 3.8) is 0 Å². The Labute approximate surface area is 87.6 Å². The molecule has 0 saturated carbocycles. The van der Waals surface area contributed by atoms with Crippen molar-refractivity contribution in [2.75, 3.05) is 5.73 Å². The maximum atomic E-state index is 10.9. The van der Waals surface area contributed by atoms with Gasteiger partial charge in [-0.1, -0.05) is 12.1 Å². The van der Waals surface area contributed by atoms with Crippen LogP contribution in [0, 0.1) is 0 Å². The first-order valence-corrected chi connectivity index (χ1v) is 3.97. The van der Waals surface area contributed by atoms with Gasteiger partial charge in [-0.15, -0.1) is 12.4 Å². The number of carbonyl (C=O) groups excluding carboxylic acids is 1. The fraction of sp³-hybridized carbons (Fsp3) is 0.111. The lowest BCUT2D eigenvalue weighted by molar-refractivity contribution is -0.119. The number of hydrogen-bond donors (Lipinski definition) is 2. The third-order valence-corrected chi connectivity index (χ3v) is 1.86. The number of nitrogens with zero attached hydrogens (tertiary/aromatic N) is 1. The summed E-state index contributed by atoms with van der Waals surface area (Å²) in [4.78, 5) is 10.9. The molecule has 0 unspecified atom stereocenters. The van der Waals surface area contributed by atoms with Gasteiger partial charge in [0.2, 0.25) is 5.91 Å². The lowest BCUT2D eigenvalue weighted by atomic mass is 10.1. The third kappa shape index (κ3) is 2.03. The predicted molar refractivity (Wildman–Crippen MR) is 57.4 cm³/mol. The molecule has 0 aliphatic carbocycles. The average Bonchev–Trinajstić information content (AvgIpc) is 2.52. The van der Waals surface area contributed by atoms with Gasteiger partial charge in [0.15, 0.2) is 0 Å². The summed E-state index contributed by atoms with van der Waals surface area (Å²) in [6.07, 6.45) is 0.337. The molecule has 1 heterocycles. The zero-order chi connectivity index (χ0) is 9.26. The van der Waals surface area contributed by atoms with Crippen molar-refractivity contribution in [2.45, 2.75) is 6.42 Å². The van der Waals surface area contributed by atoms with Crippen molar-refractivity contribution in [1.29, 1.82) is 0 Å². The Balaban J connectivity index is 0.000000980. The molecule has 3 N–H and O–H groups in total. The number of amides is 1. The molecule has 5 heteroatoms. The van der Waals surface area contributed by atoms with Crippen LogP contribution in [-0.2, 0) is 4.79 Å². The first-order valence-electron chi connectivity index (χ1n) is 3.97. The van der Waals surface area contributed by atoms with E-state index in [0.29, 0.717) is 12.1 Å². The number of nitrogens with one attached hydrogen (secondary N) is 1. The van der Waals surface area contributed by atoms with E-state index in [1.54, 1.807) is 12.1 Å². The summed E-state index contributed by atoms with van der Waals surface area (Å²) in [6.45, 7) is 0. The molecule has 0 spiro atoms. The Morgan fingerprint density at radius 2 is 2.21 bits per heavy atom. The maximum absolute atomic E-state index is 10.9. The first-order chi connectivity index (χ1) is 6.25. The predicted octanol–water partition coefficient (Wildman–Crippen LogP) is 0.915. The van der Waals surface area contributed by atoms with Gasteiger partial charge >= 0.3 is 0 Å². The van der Waals surface area contributed by atoms with Crippen molar-refractivity contribution in [2.24, 2.45) is 5.10 Å². The lowest BCUT2D eigenvalue weighted by Gasteiger charge is -1.98. The van der Waals surface area contributed by atoms with Crippen molar-refractivity contribution in [3.05, 3.63) is 29.8 Å². The highest BCUT2D eigenvalue weighted by molar-refractivity contribution is 6.13. The fourth-order valence-electron chi connectivity index (χ4n) is 1.25. The smallest absolute Gasteiger partial charge is 0.246 e. The summed E-state index contributed by atoms with van der Waals surface area (Å²) in [5.41, 5.74) is 10.3. The van der Waals surface area contributed by atoms with Gasteiger partial charge in [0.25, 0.3) is 0 Å². The SMILES string of the molecule is Cl.Nc1cccc(C2=NNC(=O)C2)c1. The van der Waals surface area contributed by atoms with Crippen molar-refractivity contribution < 1.29 is 4.79 Å². The van der Waals surface area contributed by atoms with Gasteiger partial charge in [0.05, 0.1) is 12.1 Å². The fourth-order valence-corrected chi connectivity index (χ4v) is 1.25. The molecule has 1 aliphatic rings. The Kier molecular flexibility index (Phi) is 3.09. The van der Waals surface area contributed by atoms with Gasteiger partial charge in [-0.05, 0) is 12.1 Å². The minimum Gasteiger partial charge on any atom is -0.399 e. The lowest BCUT2D eigenvalue weighted by Crippen LogP contribution is -2.09. The van der Waals surface area contributed by atoms with Crippen LogP contribution in [0.15, 0.2) is 29.4 Å². The van der Waals surface area contributed by atoms with Gasteiger partial charge in [-0.2, -0.15) is 5.10 Å². The third-order valence-electron chi connectivity index (χ3n) is 1.86. The van der Waals surface area contributed by atoms with E-state index in [0.717, 1.165) is 11.3 Å². The highest BCUT2D eigenvalue weighted by atomic mass is 35.5. The molecule has 4 nitrogen and oxygen atoms in total. The molecule has 1 aliphatic heterocycles. The molecule has 0 fully saturated rings. The molecule has 0 radical (unpaired) electrons. The minimum atomic E-state index is -0.0718. The second-order valence-electron chi connectivity index (χ2n) is 2.90. The van der Waals surface area contributed by atoms with Crippen LogP contribution in [0.1, 0.15) is 12.0 Å². The molecule has 2 rings (SSSR count). The quantitative estimate of drug-likeness (QED) is 0.679. The monoisotopic (exact) mass is 211 g/mol. The number of hydrazone groups is 1. The molecule has 0 saturated heterocycles. The summed E-state index contributed by atoms with van der Waals surface area (Å²) in [5.74, 6) is -0.0718. The van der Waals surface area contributed by atoms with Crippen LogP contribution in [0.4, 0.5) is 5.69 Å². The Bertz CT molecular complexity index is 389. The van der Waals surface area contributed by atoms with Crippen molar-refractivity contribution in [3.8, 4) is 0 Å². The standard InChI is InChI=1S/C9H9N3O.ClH/c10-7-3-1-2-6(4-7)8-5-9(13)12-11-8;/h1-4H,5,10H2,(H,12,13);1H. The van der Waals surface area contributed by atoms with E-state index < -0.39 is 0 Å². The van der Waals surface area contributed by atoms with Gasteiger partial charge in [-0.25, -0.2) is 5.43 Å². The number of nitrogens with two attached hydrogens (primary N) is 1. The zero-order valence-corrected chi connectivity index (χ0v) is 8.17. The number of carbonyl (C=O) groups is 1. The number of anilines is 1. The van der Waals surface area contributed by atoms with Crippen LogP contribution < -0.4 is 11.2 Å². The highest BCUT2D eigenvalue weighted by Crippen LogP contribution is 2.11. The molecular weight excluding hydrogens is 202 g/mol. The molecular formula is C9H10ClN3O. The van der Waals surface area contributed by atoms with E-state index in [2.05, 4.69) is 10.5 Å². The Morgan fingerprint density at radius 1 is 1.43 bits per heavy atom. The number of benzene rings is 1. The minimum absolute atomic E-state index is 0. The number of rotatable bonds is 1. The van der Waals surface area contributed by atoms with E-state index >= 15 is 0 Å². The zero-order valence-electron chi connectivity index (χ0n) is 7.36. The molecule has 74 valence electrons. The highest BCUT2D eigenvalue weighted by Gasteiger charge is 2.15. The number of nitrogen functional groups attached to an aromatic ring is 1. The van der Waals surface area contributed by atoms with Crippen molar-refractivity contribution >= 4 is 29.7 Å². The molecule has 14 heavy (non-hydrogen) atoms. The number of halogens is 1. The Hall–Kier alpha value is -1.55. The van der Waals surface area contributed by atoms with E-state index in [9.17, 15) is 4.79 Å². The van der Waals surface area contributed by atoms with Crippen LogP contribution >= 0.6 is 12.4 Å². The Morgan fingerprint density at radius 3 is 2.79 bits per heavy atom. The first kappa shape index (κ1) is 10.5. The van der Waals surface area contributed by atoms with Gasteiger partial charge in [0, 0.05) is 11.3 Å². The van der Waals surface area contributed by atoms with E-state index in [1.165, 1.54) is 0 Å². The van der Waals surface area contributed by atoms with Crippen LogP contribution in [-0.4, -0.2) is 11.6 Å². The van der Waals surface area contributed by atoms with Crippen molar-refractivity contribution in [1.82, 2.24) is 5.43 Å². The van der Waals surface area contributed by atoms with Crippen LogP contribution in [0.25, 0.3) is 0 Å². The van der Waals surface area contributed by atoms with E-state index in [1.807, 2.05) is 12.1 Å². The second-order valence-corrected chi connectivity index (χ2v) is 2.90. The van der Waals surface area contributed by atoms with E-state index in [-0.39, 0.29) is 18.3 Å². The average molecular weight is 212 g/mol. The van der Waals surface area contributed by atoms with E-state index in [4.69, 9.17) is 5.73 Å². The summed E-state index contributed by atoms with van der Waals surface area (Å²) in [7, 11) is 0. The molecule has 1 amide bonds. The summed E-state index contributed by atoms with van der Waals surface area (Å²) < 4.78 is 0. The molecule has 0 bridgehead atoms. The van der Waals surface area contributed by atoms with Crippen LogP contribution in [0.3, 0.4) is 0 Å². The molecule has 1 aromatic carbocycles. The molecule has 0 aromatic heterocycles. The van der Waals surface area contributed by atoms with Crippen LogP contribution in [0.2, 0.25) is 0 Å². The van der Waals surface area contributed by atoms with Gasteiger partial charge in [-0.3, -0.25) is 4.79 Å².